The van der Waals surface area contributed by atoms with Crippen LogP contribution in [-0.4, -0.2) is 17.0 Å². The van der Waals surface area contributed by atoms with E-state index in [0.717, 1.165) is 29.6 Å². The van der Waals surface area contributed by atoms with Gasteiger partial charge in [-0.05, 0) is 55.4 Å². The topological polar surface area (TPSA) is 9.23 Å². The smallest absolute Gasteiger partial charge is 0.0615 e. The van der Waals surface area contributed by atoms with Gasteiger partial charge in [0, 0.05) is 10.2 Å². The standard InChI is InChI=1S/C18H21BrO/c1-9(2)20-12-8-11-13-14(12)16-15(11)18(16,17(13)19)10-6-4-3-5-7-10/h3-7,9,11-17H,8H2,1-2H3/t11?,12-,13?,14?,15?,16?,17?,18?/m0/s1. The van der Waals surface area contributed by atoms with Crippen molar-refractivity contribution >= 4 is 15.9 Å². The molecule has 0 spiro atoms. The monoisotopic (exact) mass is 332 g/mol. The SMILES string of the molecule is CC(C)O[C@H]1CC2C3C1C1C2C1(c1ccccc1)C3Br. The quantitative estimate of drug-likeness (QED) is 0.760. The second-order valence-corrected chi connectivity index (χ2v) is 8.52. The minimum absolute atomic E-state index is 0.371. The molecule has 0 aromatic heterocycles. The molecular formula is C18H21BrO. The first kappa shape index (κ1) is 12.2. The van der Waals surface area contributed by atoms with Crippen molar-refractivity contribution in [3.63, 3.8) is 0 Å². The van der Waals surface area contributed by atoms with Crippen LogP contribution in [0.25, 0.3) is 0 Å². The third-order valence-electron chi connectivity index (χ3n) is 6.64. The van der Waals surface area contributed by atoms with Crippen LogP contribution in [-0.2, 0) is 10.2 Å². The lowest BCUT2D eigenvalue weighted by Gasteiger charge is -2.24. The van der Waals surface area contributed by atoms with E-state index in [0.29, 0.717) is 22.5 Å². The highest BCUT2D eigenvalue weighted by Gasteiger charge is 2.89. The van der Waals surface area contributed by atoms with E-state index in [9.17, 15) is 0 Å². The van der Waals surface area contributed by atoms with Gasteiger partial charge in [0.25, 0.3) is 0 Å². The predicted molar refractivity (Wildman–Crippen MR) is 82.9 cm³/mol. The van der Waals surface area contributed by atoms with Crippen molar-refractivity contribution < 1.29 is 4.74 Å². The van der Waals surface area contributed by atoms with Gasteiger partial charge in [0.15, 0.2) is 0 Å². The Labute approximate surface area is 129 Å². The maximum atomic E-state index is 6.25. The van der Waals surface area contributed by atoms with E-state index >= 15 is 0 Å². The van der Waals surface area contributed by atoms with E-state index in [4.69, 9.17) is 4.74 Å². The molecule has 7 unspecified atom stereocenters. The van der Waals surface area contributed by atoms with E-state index in [1.807, 2.05) is 0 Å². The molecular weight excluding hydrogens is 312 g/mol. The number of benzene rings is 1. The summed E-state index contributed by atoms with van der Waals surface area (Å²) in [5, 5.41) is 0. The van der Waals surface area contributed by atoms with Crippen molar-refractivity contribution in [3.8, 4) is 0 Å². The van der Waals surface area contributed by atoms with Crippen LogP contribution in [0, 0.1) is 29.6 Å². The van der Waals surface area contributed by atoms with Gasteiger partial charge in [0.2, 0.25) is 0 Å². The molecule has 0 aliphatic heterocycles. The maximum Gasteiger partial charge on any atom is 0.0615 e. The van der Waals surface area contributed by atoms with Crippen LogP contribution in [0.3, 0.4) is 0 Å². The highest BCUT2D eigenvalue weighted by atomic mass is 79.9. The van der Waals surface area contributed by atoms with Crippen LogP contribution in [0.5, 0.6) is 0 Å². The van der Waals surface area contributed by atoms with Crippen molar-refractivity contribution in [1.29, 1.82) is 0 Å². The number of hydrogen-bond donors (Lipinski definition) is 0. The number of halogens is 1. The molecule has 0 amide bonds. The molecule has 5 aliphatic carbocycles. The lowest BCUT2D eigenvalue weighted by atomic mass is 9.93. The summed E-state index contributed by atoms with van der Waals surface area (Å²) in [6, 6.07) is 11.3. The molecule has 0 radical (unpaired) electrons. The summed E-state index contributed by atoms with van der Waals surface area (Å²) in [5.41, 5.74) is 2.04. The molecule has 6 rings (SSSR count). The third kappa shape index (κ3) is 1.14. The zero-order valence-corrected chi connectivity index (χ0v) is 13.6. The largest absolute Gasteiger partial charge is 0.375 e. The molecule has 1 nitrogen and oxygen atoms in total. The van der Waals surface area contributed by atoms with Crippen molar-refractivity contribution in [2.75, 3.05) is 0 Å². The minimum Gasteiger partial charge on any atom is -0.375 e. The zero-order chi connectivity index (χ0) is 13.6. The number of rotatable bonds is 3. The van der Waals surface area contributed by atoms with Gasteiger partial charge < -0.3 is 4.74 Å². The molecule has 0 heterocycles. The van der Waals surface area contributed by atoms with Crippen LogP contribution >= 0.6 is 15.9 Å². The van der Waals surface area contributed by atoms with Crippen LogP contribution in [0.2, 0.25) is 0 Å². The van der Waals surface area contributed by atoms with Gasteiger partial charge in [-0.2, -0.15) is 0 Å². The molecule has 1 aromatic rings. The van der Waals surface area contributed by atoms with E-state index in [1.54, 1.807) is 5.56 Å². The predicted octanol–water partition coefficient (Wildman–Crippen LogP) is 4.01. The van der Waals surface area contributed by atoms with Gasteiger partial charge in [-0.25, -0.2) is 0 Å². The lowest BCUT2D eigenvalue weighted by Crippen LogP contribution is -2.26. The van der Waals surface area contributed by atoms with Crippen molar-refractivity contribution in [2.24, 2.45) is 29.6 Å². The molecule has 5 fully saturated rings. The maximum absolute atomic E-state index is 6.25. The minimum atomic E-state index is 0.371. The summed E-state index contributed by atoms with van der Waals surface area (Å²) in [7, 11) is 0. The Kier molecular flexibility index (Phi) is 2.26. The van der Waals surface area contributed by atoms with Crippen molar-refractivity contribution in [1.82, 2.24) is 0 Å². The molecule has 106 valence electrons. The van der Waals surface area contributed by atoms with Gasteiger partial charge in [-0.1, -0.05) is 46.3 Å². The third-order valence-corrected chi connectivity index (χ3v) is 8.01. The van der Waals surface area contributed by atoms with Crippen LogP contribution < -0.4 is 0 Å². The normalized spacial score (nSPS) is 53.9. The summed E-state index contributed by atoms with van der Waals surface area (Å²) in [5.74, 6) is 4.43. The van der Waals surface area contributed by atoms with Crippen molar-refractivity contribution in [3.05, 3.63) is 35.9 Å². The van der Waals surface area contributed by atoms with E-state index in [2.05, 4.69) is 60.1 Å². The molecule has 5 saturated carbocycles. The average Bonchev–Trinajstić information content (AvgIpc) is 2.65. The molecule has 20 heavy (non-hydrogen) atoms. The summed E-state index contributed by atoms with van der Waals surface area (Å²) in [6.07, 6.45) is 2.21. The van der Waals surface area contributed by atoms with Gasteiger partial charge in [-0.3, -0.25) is 0 Å². The van der Waals surface area contributed by atoms with Crippen LogP contribution in [0.4, 0.5) is 0 Å². The number of alkyl halides is 1. The fourth-order valence-electron chi connectivity index (χ4n) is 6.48. The Balaban J connectivity index is 1.54. The summed E-state index contributed by atoms with van der Waals surface area (Å²) < 4.78 is 6.25. The molecule has 6 bridgehead atoms. The Hall–Kier alpha value is -0.340. The molecule has 0 saturated heterocycles. The van der Waals surface area contributed by atoms with Gasteiger partial charge in [0.1, 0.15) is 0 Å². The summed E-state index contributed by atoms with van der Waals surface area (Å²) >= 11 is 4.11. The van der Waals surface area contributed by atoms with Gasteiger partial charge in [0.05, 0.1) is 12.2 Å². The first-order valence-corrected chi connectivity index (χ1v) is 8.94. The molecule has 0 N–H and O–H groups in total. The first-order chi connectivity index (χ1) is 9.67. The van der Waals surface area contributed by atoms with Crippen LogP contribution in [0.15, 0.2) is 30.3 Å². The summed E-state index contributed by atoms with van der Waals surface area (Å²) in [6.45, 7) is 4.36. The summed E-state index contributed by atoms with van der Waals surface area (Å²) in [4.78, 5) is 0.683. The van der Waals surface area contributed by atoms with Gasteiger partial charge >= 0.3 is 0 Å². The molecule has 1 aromatic carbocycles. The van der Waals surface area contributed by atoms with E-state index in [1.165, 1.54) is 6.42 Å². The molecule has 8 atom stereocenters. The van der Waals surface area contributed by atoms with Crippen molar-refractivity contribution in [2.45, 2.75) is 42.7 Å². The number of ether oxygens (including phenoxy) is 1. The fraction of sp³-hybridized carbons (Fsp3) is 0.667. The highest BCUT2D eigenvalue weighted by Crippen LogP contribution is 2.88. The van der Waals surface area contributed by atoms with Crippen LogP contribution in [0.1, 0.15) is 25.8 Å². The Bertz CT molecular complexity index is 552. The molecule has 2 heteroatoms. The van der Waals surface area contributed by atoms with E-state index in [-0.39, 0.29) is 0 Å². The lowest BCUT2D eigenvalue weighted by molar-refractivity contribution is -0.0270. The second-order valence-electron chi connectivity index (χ2n) is 7.53. The second kappa shape index (κ2) is 3.70. The average molecular weight is 333 g/mol. The fourth-order valence-corrected chi connectivity index (χ4v) is 8.10. The van der Waals surface area contributed by atoms with Gasteiger partial charge in [-0.15, -0.1) is 0 Å². The first-order valence-electron chi connectivity index (χ1n) is 8.02. The highest BCUT2D eigenvalue weighted by molar-refractivity contribution is 9.09. The number of hydrogen-bond acceptors (Lipinski definition) is 1. The Morgan fingerprint density at radius 1 is 1.15 bits per heavy atom. The van der Waals surface area contributed by atoms with E-state index < -0.39 is 0 Å². The zero-order valence-electron chi connectivity index (χ0n) is 12.0. The Morgan fingerprint density at radius 2 is 1.90 bits per heavy atom. The Morgan fingerprint density at radius 3 is 2.55 bits per heavy atom. The molecule has 5 aliphatic rings.